The van der Waals surface area contributed by atoms with Crippen LogP contribution < -0.4 is 4.90 Å². The molecule has 30 heavy (non-hydrogen) atoms. The first-order chi connectivity index (χ1) is 14.2. The number of benzene rings is 1. The average Bonchev–Trinajstić information content (AvgIpc) is 3.39. The van der Waals surface area contributed by atoms with Crippen LogP contribution >= 0.6 is 0 Å². The van der Waals surface area contributed by atoms with E-state index in [1.54, 1.807) is 31.2 Å². The highest BCUT2D eigenvalue weighted by atomic mass is 16.6. The van der Waals surface area contributed by atoms with E-state index in [1.165, 1.54) is 13.2 Å². The molecule has 1 unspecified atom stereocenters. The van der Waals surface area contributed by atoms with E-state index < -0.39 is 28.6 Å². The molecule has 7 nitrogen and oxygen atoms in total. The molecule has 1 spiro atoms. The first kappa shape index (κ1) is 19.3. The molecule has 6 atom stereocenters. The van der Waals surface area contributed by atoms with Gasteiger partial charge in [0.05, 0.1) is 24.6 Å². The summed E-state index contributed by atoms with van der Waals surface area (Å²) in [5, 5.41) is 11.5. The van der Waals surface area contributed by atoms with Crippen LogP contribution in [0.15, 0.2) is 36.4 Å². The summed E-state index contributed by atoms with van der Waals surface area (Å²) in [7, 11) is 1.33. The summed E-state index contributed by atoms with van der Waals surface area (Å²) in [6.45, 7) is 4.13. The summed E-state index contributed by atoms with van der Waals surface area (Å²) >= 11 is 0. The van der Waals surface area contributed by atoms with Gasteiger partial charge >= 0.3 is 11.9 Å². The fourth-order valence-corrected chi connectivity index (χ4v) is 5.99. The Morgan fingerprint density at radius 3 is 2.80 bits per heavy atom. The summed E-state index contributed by atoms with van der Waals surface area (Å²) in [6.07, 6.45) is 3.67. The van der Waals surface area contributed by atoms with Crippen molar-refractivity contribution in [1.82, 2.24) is 0 Å². The van der Waals surface area contributed by atoms with Crippen molar-refractivity contribution in [3.63, 3.8) is 0 Å². The number of ketones is 1. The van der Waals surface area contributed by atoms with Crippen molar-refractivity contribution < 1.29 is 29.0 Å². The minimum absolute atomic E-state index is 0.138. The highest BCUT2D eigenvalue weighted by Gasteiger charge is 2.77. The predicted octanol–water partition coefficient (Wildman–Crippen LogP) is 1.88. The number of allylic oxidation sites excluding steroid dienone is 1. The standard InChI is InChI=1S/C23H25NO6/c1-13-7-8-16-18(21(2)17(25)9-10-23(13,21)28)30-20(27)22(16)12-24(22)15-6-4-5-14(11-15)19(26)29-3/h4-6,9-11,13,16,18,28H,7-8,12H2,1-3H3/t13-,16+,18+,21-,22?,23+,24?/m0/s1. The number of anilines is 1. The Morgan fingerprint density at radius 2 is 2.07 bits per heavy atom. The molecule has 4 aliphatic rings. The number of aliphatic hydroxyl groups is 1. The SMILES string of the molecule is COC(=O)c1cccc(N2CC23C(=O)O[C@@H]2[C@H]3CC[C@H](C)[C@]3(O)C=CC(=O)[C@@]23C)c1. The third kappa shape index (κ3) is 2.11. The van der Waals surface area contributed by atoms with Crippen molar-refractivity contribution >= 4 is 23.4 Å². The van der Waals surface area contributed by atoms with Crippen LogP contribution in [0.25, 0.3) is 0 Å². The van der Waals surface area contributed by atoms with Gasteiger partial charge in [-0.25, -0.2) is 9.59 Å². The number of hydrogen-bond donors (Lipinski definition) is 1. The molecule has 2 aliphatic carbocycles. The molecular weight excluding hydrogens is 386 g/mol. The van der Waals surface area contributed by atoms with Gasteiger partial charge in [0, 0.05) is 11.6 Å². The average molecular weight is 411 g/mol. The lowest BCUT2D eigenvalue weighted by Gasteiger charge is -2.43. The van der Waals surface area contributed by atoms with Crippen LogP contribution in [0.3, 0.4) is 0 Å². The molecule has 158 valence electrons. The lowest BCUT2D eigenvalue weighted by molar-refractivity contribution is -0.166. The van der Waals surface area contributed by atoms with Crippen molar-refractivity contribution in [2.45, 2.75) is 43.9 Å². The van der Waals surface area contributed by atoms with E-state index in [0.29, 0.717) is 24.9 Å². The van der Waals surface area contributed by atoms with Gasteiger partial charge in [-0.1, -0.05) is 13.0 Å². The van der Waals surface area contributed by atoms with Crippen LogP contribution in [-0.4, -0.2) is 53.7 Å². The van der Waals surface area contributed by atoms with Gasteiger partial charge in [0.2, 0.25) is 0 Å². The summed E-state index contributed by atoms with van der Waals surface area (Å²) in [5.41, 5.74) is -2.25. The molecule has 1 N–H and O–H groups in total. The maximum atomic E-state index is 13.2. The molecule has 1 aromatic rings. The number of carbonyl (C=O) groups is 3. The Balaban J connectivity index is 1.54. The summed E-state index contributed by atoms with van der Waals surface area (Å²) in [5.74, 6) is -1.36. The molecule has 2 heterocycles. The van der Waals surface area contributed by atoms with Crippen molar-refractivity contribution in [2.24, 2.45) is 17.3 Å². The van der Waals surface area contributed by atoms with Crippen molar-refractivity contribution in [1.29, 1.82) is 0 Å². The molecule has 1 aromatic carbocycles. The van der Waals surface area contributed by atoms with E-state index in [-0.39, 0.29) is 23.6 Å². The lowest BCUT2D eigenvalue weighted by Crippen LogP contribution is -2.57. The fraction of sp³-hybridized carbons (Fsp3) is 0.522. The van der Waals surface area contributed by atoms with Gasteiger partial charge in [0.15, 0.2) is 11.3 Å². The van der Waals surface area contributed by atoms with Gasteiger partial charge in [-0.2, -0.15) is 0 Å². The Bertz CT molecular complexity index is 1000. The molecular formula is C23H25NO6. The fourth-order valence-electron chi connectivity index (χ4n) is 5.99. The van der Waals surface area contributed by atoms with Gasteiger partial charge in [-0.3, -0.25) is 4.79 Å². The Morgan fingerprint density at radius 1 is 1.30 bits per heavy atom. The number of hydrogen-bond acceptors (Lipinski definition) is 7. The molecule has 0 amide bonds. The van der Waals surface area contributed by atoms with Crippen molar-refractivity contribution in [3.8, 4) is 0 Å². The van der Waals surface area contributed by atoms with Crippen molar-refractivity contribution in [2.75, 3.05) is 18.6 Å². The number of fused-ring (bicyclic) bond motifs is 4. The van der Waals surface area contributed by atoms with E-state index in [2.05, 4.69) is 0 Å². The topological polar surface area (TPSA) is 92.9 Å². The van der Waals surface area contributed by atoms with E-state index in [9.17, 15) is 19.5 Å². The normalized spacial score (nSPS) is 41.3. The van der Waals surface area contributed by atoms with E-state index in [4.69, 9.17) is 9.47 Å². The number of ether oxygens (including phenoxy) is 2. The predicted molar refractivity (Wildman–Crippen MR) is 107 cm³/mol. The van der Waals surface area contributed by atoms with Crippen LogP contribution in [-0.2, 0) is 19.1 Å². The monoisotopic (exact) mass is 411 g/mol. The third-order valence-electron chi connectivity index (χ3n) is 7.99. The molecule has 2 saturated heterocycles. The molecule has 0 bridgehead atoms. The van der Waals surface area contributed by atoms with Crippen LogP contribution in [0, 0.1) is 17.3 Å². The molecule has 0 aromatic heterocycles. The molecule has 3 fully saturated rings. The number of carbonyl (C=O) groups excluding carboxylic acids is 3. The minimum atomic E-state index is -1.33. The lowest BCUT2D eigenvalue weighted by atomic mass is 9.64. The summed E-state index contributed by atoms with van der Waals surface area (Å²) in [6, 6.07) is 6.98. The zero-order chi connectivity index (χ0) is 21.5. The Labute approximate surface area is 174 Å². The van der Waals surface area contributed by atoms with Crippen LogP contribution in [0.1, 0.15) is 37.0 Å². The number of methoxy groups -OCH3 is 1. The molecule has 7 heteroatoms. The highest BCUT2D eigenvalue weighted by molar-refractivity contribution is 6.02. The van der Waals surface area contributed by atoms with Gasteiger partial charge in [0.25, 0.3) is 0 Å². The van der Waals surface area contributed by atoms with Gasteiger partial charge in [0.1, 0.15) is 11.7 Å². The first-order valence-corrected chi connectivity index (χ1v) is 10.3. The third-order valence-corrected chi connectivity index (χ3v) is 7.99. The zero-order valence-electron chi connectivity index (χ0n) is 17.3. The van der Waals surface area contributed by atoms with Crippen LogP contribution in [0.2, 0.25) is 0 Å². The number of esters is 2. The minimum Gasteiger partial charge on any atom is -0.465 e. The van der Waals surface area contributed by atoms with Gasteiger partial charge < -0.3 is 19.5 Å². The van der Waals surface area contributed by atoms with E-state index >= 15 is 0 Å². The Kier molecular flexibility index (Phi) is 3.82. The summed E-state index contributed by atoms with van der Waals surface area (Å²) < 4.78 is 10.7. The smallest absolute Gasteiger partial charge is 0.337 e. The Hall–Kier alpha value is -2.67. The van der Waals surface area contributed by atoms with Crippen LogP contribution in [0.5, 0.6) is 0 Å². The second-order valence-corrected chi connectivity index (χ2v) is 9.19. The first-order valence-electron chi connectivity index (χ1n) is 10.3. The molecule has 5 rings (SSSR count). The summed E-state index contributed by atoms with van der Waals surface area (Å²) in [4.78, 5) is 39.9. The number of nitrogens with zero attached hydrogens (tertiary/aromatic N) is 1. The maximum absolute atomic E-state index is 13.2. The molecule has 0 radical (unpaired) electrons. The second kappa shape index (κ2) is 5.94. The molecule has 2 aliphatic heterocycles. The maximum Gasteiger partial charge on any atom is 0.337 e. The van der Waals surface area contributed by atoms with Gasteiger partial charge in [-0.05, 0) is 56.0 Å². The molecule has 1 saturated carbocycles. The highest BCUT2D eigenvalue weighted by Crippen LogP contribution is 2.62. The van der Waals surface area contributed by atoms with Gasteiger partial charge in [-0.15, -0.1) is 0 Å². The van der Waals surface area contributed by atoms with Crippen molar-refractivity contribution in [3.05, 3.63) is 42.0 Å². The largest absolute Gasteiger partial charge is 0.465 e. The quantitative estimate of drug-likeness (QED) is 0.587. The zero-order valence-corrected chi connectivity index (χ0v) is 17.3. The van der Waals surface area contributed by atoms with E-state index in [1.807, 2.05) is 17.9 Å². The van der Waals surface area contributed by atoms with E-state index in [0.717, 1.165) is 5.69 Å². The second-order valence-electron chi connectivity index (χ2n) is 9.19. The number of rotatable bonds is 2. The van der Waals surface area contributed by atoms with Crippen LogP contribution in [0.4, 0.5) is 5.69 Å².